The van der Waals surface area contributed by atoms with Crippen molar-refractivity contribution in [1.82, 2.24) is 0 Å². The molecule has 4 heteroatoms. The molecule has 0 aliphatic carbocycles. The fourth-order valence-electron chi connectivity index (χ4n) is 1.29. The fourth-order valence-corrected chi connectivity index (χ4v) is 2.40. The van der Waals surface area contributed by atoms with Crippen molar-refractivity contribution >= 4 is 27.7 Å². The van der Waals surface area contributed by atoms with Gasteiger partial charge >= 0.3 is 0 Å². The van der Waals surface area contributed by atoms with Gasteiger partial charge in [-0.3, -0.25) is 0 Å². The van der Waals surface area contributed by atoms with Gasteiger partial charge in [0.05, 0.1) is 5.56 Å². The molecule has 0 aliphatic heterocycles. The lowest BCUT2D eigenvalue weighted by Crippen LogP contribution is -1.83. The maximum Gasteiger partial charge on any atom is 0.142 e. The van der Waals surface area contributed by atoms with Gasteiger partial charge in [0.1, 0.15) is 11.9 Å². The standard InChI is InChI=1S/C13H7BrFNS/c14-10-2-5-11(6-3-10)17-12-4-1-9(8-16)13(15)7-12/h1-7H. The van der Waals surface area contributed by atoms with Gasteiger partial charge in [-0.05, 0) is 42.5 Å². The molecule has 84 valence electrons. The summed E-state index contributed by atoms with van der Waals surface area (Å²) < 4.78 is 14.4. The maximum atomic E-state index is 13.4. The Bertz CT molecular complexity index is 575. The molecule has 0 amide bonds. The molecule has 0 spiro atoms. The molecule has 0 aromatic heterocycles. The minimum Gasteiger partial charge on any atom is -0.206 e. The van der Waals surface area contributed by atoms with Crippen molar-refractivity contribution in [2.24, 2.45) is 0 Å². The SMILES string of the molecule is N#Cc1ccc(Sc2ccc(Br)cc2)cc1F. The summed E-state index contributed by atoms with van der Waals surface area (Å²) in [6, 6.07) is 14.2. The number of benzene rings is 2. The lowest BCUT2D eigenvalue weighted by molar-refractivity contribution is 0.620. The molecule has 2 aromatic rings. The van der Waals surface area contributed by atoms with Gasteiger partial charge in [0.2, 0.25) is 0 Å². The molecule has 0 N–H and O–H groups in total. The highest BCUT2D eigenvalue weighted by Gasteiger charge is 2.04. The highest BCUT2D eigenvalue weighted by molar-refractivity contribution is 9.10. The largest absolute Gasteiger partial charge is 0.206 e. The van der Waals surface area contributed by atoms with Crippen molar-refractivity contribution in [1.29, 1.82) is 5.26 Å². The third kappa shape index (κ3) is 3.09. The van der Waals surface area contributed by atoms with Gasteiger partial charge < -0.3 is 0 Å². The smallest absolute Gasteiger partial charge is 0.142 e. The van der Waals surface area contributed by atoms with E-state index in [9.17, 15) is 4.39 Å². The summed E-state index contributed by atoms with van der Waals surface area (Å²) in [4.78, 5) is 1.81. The predicted octanol–water partition coefficient (Wildman–Crippen LogP) is 4.61. The summed E-state index contributed by atoms with van der Waals surface area (Å²) >= 11 is 4.82. The molecule has 0 saturated carbocycles. The number of nitriles is 1. The quantitative estimate of drug-likeness (QED) is 0.809. The Labute approximate surface area is 111 Å². The van der Waals surface area contributed by atoms with Crippen molar-refractivity contribution in [2.75, 3.05) is 0 Å². The van der Waals surface area contributed by atoms with E-state index in [1.54, 1.807) is 12.1 Å². The van der Waals surface area contributed by atoms with Crippen LogP contribution in [0.4, 0.5) is 4.39 Å². The molecular formula is C13H7BrFNS. The minimum atomic E-state index is -0.477. The van der Waals surface area contributed by atoms with Gasteiger partial charge in [-0.2, -0.15) is 5.26 Å². The molecule has 17 heavy (non-hydrogen) atoms. The highest BCUT2D eigenvalue weighted by Crippen LogP contribution is 2.29. The van der Waals surface area contributed by atoms with Crippen LogP contribution in [0.1, 0.15) is 5.56 Å². The molecule has 0 heterocycles. The summed E-state index contributed by atoms with van der Waals surface area (Å²) in [5.41, 5.74) is 0.0742. The summed E-state index contributed by atoms with van der Waals surface area (Å²) in [5.74, 6) is -0.477. The van der Waals surface area contributed by atoms with Gasteiger partial charge in [0.15, 0.2) is 0 Å². The molecule has 2 rings (SSSR count). The van der Waals surface area contributed by atoms with E-state index in [-0.39, 0.29) is 5.56 Å². The molecule has 0 unspecified atom stereocenters. The minimum absolute atomic E-state index is 0.0742. The maximum absolute atomic E-state index is 13.4. The van der Waals surface area contributed by atoms with Gasteiger partial charge in [-0.25, -0.2) is 4.39 Å². The van der Waals surface area contributed by atoms with Crippen molar-refractivity contribution in [3.05, 3.63) is 58.3 Å². The fraction of sp³-hybridized carbons (Fsp3) is 0. The first-order valence-electron chi connectivity index (χ1n) is 4.82. The monoisotopic (exact) mass is 307 g/mol. The Morgan fingerprint density at radius 1 is 1.06 bits per heavy atom. The van der Waals surface area contributed by atoms with Crippen molar-refractivity contribution in [3.8, 4) is 6.07 Å². The first-order chi connectivity index (χ1) is 8.19. The number of halogens is 2. The van der Waals surface area contributed by atoms with Crippen LogP contribution in [0, 0.1) is 17.1 Å². The van der Waals surface area contributed by atoms with Gasteiger partial charge in [0, 0.05) is 14.3 Å². The van der Waals surface area contributed by atoms with Gasteiger partial charge in [0.25, 0.3) is 0 Å². The molecule has 0 bridgehead atoms. The van der Waals surface area contributed by atoms with Gasteiger partial charge in [-0.1, -0.05) is 27.7 Å². The van der Waals surface area contributed by atoms with Crippen LogP contribution < -0.4 is 0 Å². The first-order valence-corrected chi connectivity index (χ1v) is 6.43. The molecular weight excluding hydrogens is 301 g/mol. The Hall–Kier alpha value is -1.31. The van der Waals surface area contributed by atoms with E-state index in [1.165, 1.54) is 23.9 Å². The topological polar surface area (TPSA) is 23.8 Å². The van der Waals surface area contributed by atoms with Crippen molar-refractivity contribution in [3.63, 3.8) is 0 Å². The second-order valence-electron chi connectivity index (χ2n) is 3.31. The Balaban J connectivity index is 2.22. The zero-order valence-electron chi connectivity index (χ0n) is 8.65. The zero-order valence-corrected chi connectivity index (χ0v) is 11.1. The summed E-state index contributed by atoms with van der Waals surface area (Å²) in [7, 11) is 0. The third-order valence-corrected chi connectivity index (χ3v) is 3.64. The molecule has 0 atom stereocenters. The third-order valence-electron chi connectivity index (χ3n) is 2.11. The van der Waals surface area contributed by atoms with E-state index >= 15 is 0 Å². The summed E-state index contributed by atoms with van der Waals surface area (Å²) in [6.45, 7) is 0. The van der Waals surface area contributed by atoms with Crippen LogP contribution >= 0.6 is 27.7 Å². The van der Waals surface area contributed by atoms with E-state index in [2.05, 4.69) is 15.9 Å². The van der Waals surface area contributed by atoms with E-state index in [1.807, 2.05) is 24.3 Å². The number of hydrogen-bond donors (Lipinski definition) is 0. The molecule has 0 radical (unpaired) electrons. The van der Waals surface area contributed by atoms with E-state index in [4.69, 9.17) is 5.26 Å². The van der Waals surface area contributed by atoms with Crippen molar-refractivity contribution in [2.45, 2.75) is 9.79 Å². The normalized spacial score (nSPS) is 9.94. The molecule has 0 fully saturated rings. The van der Waals surface area contributed by atoms with Crippen LogP contribution in [0.15, 0.2) is 56.7 Å². The number of rotatable bonds is 2. The van der Waals surface area contributed by atoms with Crippen LogP contribution in [-0.4, -0.2) is 0 Å². The molecule has 1 nitrogen and oxygen atoms in total. The van der Waals surface area contributed by atoms with Gasteiger partial charge in [-0.15, -0.1) is 0 Å². The molecule has 2 aromatic carbocycles. The van der Waals surface area contributed by atoms with Crippen molar-refractivity contribution < 1.29 is 4.39 Å². The summed E-state index contributed by atoms with van der Waals surface area (Å²) in [6.07, 6.45) is 0. The zero-order chi connectivity index (χ0) is 12.3. The number of nitrogens with zero attached hydrogens (tertiary/aromatic N) is 1. The predicted molar refractivity (Wildman–Crippen MR) is 69.4 cm³/mol. The lowest BCUT2D eigenvalue weighted by atomic mass is 10.2. The average molecular weight is 308 g/mol. The highest BCUT2D eigenvalue weighted by atomic mass is 79.9. The Morgan fingerprint density at radius 3 is 2.29 bits per heavy atom. The van der Waals surface area contributed by atoms with Crippen LogP contribution in [0.2, 0.25) is 0 Å². The Kier molecular flexibility index (Phi) is 3.82. The van der Waals surface area contributed by atoms with E-state index in [0.29, 0.717) is 0 Å². The lowest BCUT2D eigenvalue weighted by Gasteiger charge is -2.02. The molecule has 0 saturated heterocycles. The van der Waals surface area contributed by atoms with E-state index in [0.717, 1.165) is 14.3 Å². The van der Waals surface area contributed by atoms with Crippen LogP contribution in [-0.2, 0) is 0 Å². The summed E-state index contributed by atoms with van der Waals surface area (Å²) in [5, 5.41) is 8.63. The second-order valence-corrected chi connectivity index (χ2v) is 5.37. The average Bonchev–Trinajstić information content (AvgIpc) is 2.32. The van der Waals surface area contributed by atoms with Crippen LogP contribution in [0.5, 0.6) is 0 Å². The second kappa shape index (κ2) is 5.35. The first kappa shape index (κ1) is 12.2. The van der Waals surface area contributed by atoms with Crippen LogP contribution in [0.25, 0.3) is 0 Å². The van der Waals surface area contributed by atoms with E-state index < -0.39 is 5.82 Å². The molecule has 0 aliphatic rings. The van der Waals surface area contributed by atoms with Crippen LogP contribution in [0.3, 0.4) is 0 Å². The Morgan fingerprint density at radius 2 is 1.71 bits per heavy atom. The number of hydrogen-bond acceptors (Lipinski definition) is 2.